The van der Waals surface area contributed by atoms with E-state index in [-0.39, 0.29) is 12.0 Å². The van der Waals surface area contributed by atoms with Crippen molar-refractivity contribution in [1.82, 2.24) is 9.80 Å². The van der Waals surface area contributed by atoms with Crippen LogP contribution in [-0.2, 0) is 9.53 Å². The molecule has 0 radical (unpaired) electrons. The molecule has 0 amide bonds. The van der Waals surface area contributed by atoms with Gasteiger partial charge < -0.3 is 9.64 Å². The molecular formula is C10H22N2O2. The maximum atomic E-state index is 11.5. The van der Waals surface area contributed by atoms with E-state index in [1.165, 1.54) is 0 Å². The van der Waals surface area contributed by atoms with Gasteiger partial charge in [-0.3, -0.25) is 9.69 Å². The van der Waals surface area contributed by atoms with Crippen LogP contribution in [0.3, 0.4) is 0 Å². The molecule has 1 unspecified atom stereocenters. The standard InChI is InChI=1S/C10H22N2O2/c1-6-14-10(13)9(12(4)5)7-8-11(2)3/h9H,6-8H2,1-5H3. The molecule has 0 heterocycles. The molecule has 0 fully saturated rings. The van der Waals surface area contributed by atoms with Crippen molar-refractivity contribution in [3.63, 3.8) is 0 Å². The van der Waals surface area contributed by atoms with Gasteiger partial charge in [-0.2, -0.15) is 0 Å². The van der Waals surface area contributed by atoms with Crippen molar-refractivity contribution in [1.29, 1.82) is 0 Å². The van der Waals surface area contributed by atoms with Gasteiger partial charge in [-0.25, -0.2) is 0 Å². The zero-order valence-electron chi connectivity index (χ0n) is 9.91. The normalized spacial score (nSPS) is 13.4. The summed E-state index contributed by atoms with van der Waals surface area (Å²) in [6.07, 6.45) is 0.804. The van der Waals surface area contributed by atoms with E-state index in [1.54, 1.807) is 0 Å². The number of ether oxygens (including phenoxy) is 1. The lowest BCUT2D eigenvalue weighted by atomic mass is 10.2. The number of nitrogens with zero attached hydrogens (tertiary/aromatic N) is 2. The molecule has 84 valence electrons. The van der Waals surface area contributed by atoms with Crippen molar-refractivity contribution >= 4 is 5.97 Å². The lowest BCUT2D eigenvalue weighted by Crippen LogP contribution is -2.39. The van der Waals surface area contributed by atoms with E-state index >= 15 is 0 Å². The van der Waals surface area contributed by atoms with Crippen LogP contribution in [0.1, 0.15) is 13.3 Å². The summed E-state index contributed by atoms with van der Waals surface area (Å²) in [4.78, 5) is 15.5. The molecule has 0 aromatic rings. The van der Waals surface area contributed by atoms with Crippen molar-refractivity contribution < 1.29 is 9.53 Å². The van der Waals surface area contributed by atoms with Gasteiger partial charge >= 0.3 is 5.97 Å². The molecule has 0 rings (SSSR count). The first kappa shape index (κ1) is 13.4. The lowest BCUT2D eigenvalue weighted by molar-refractivity contribution is -0.148. The molecule has 0 aromatic heterocycles. The van der Waals surface area contributed by atoms with Gasteiger partial charge in [0.1, 0.15) is 6.04 Å². The summed E-state index contributed by atoms with van der Waals surface area (Å²) in [6, 6.07) is -0.127. The van der Waals surface area contributed by atoms with Gasteiger partial charge in [0.05, 0.1) is 6.61 Å². The highest BCUT2D eigenvalue weighted by molar-refractivity contribution is 5.75. The fourth-order valence-corrected chi connectivity index (χ4v) is 1.21. The van der Waals surface area contributed by atoms with Crippen molar-refractivity contribution in [3.05, 3.63) is 0 Å². The highest BCUT2D eigenvalue weighted by atomic mass is 16.5. The van der Waals surface area contributed by atoms with Crippen LogP contribution < -0.4 is 0 Å². The van der Waals surface area contributed by atoms with Gasteiger partial charge in [-0.05, 0) is 48.1 Å². The fourth-order valence-electron chi connectivity index (χ4n) is 1.21. The average Bonchev–Trinajstić information content (AvgIpc) is 2.03. The largest absolute Gasteiger partial charge is 0.465 e. The van der Waals surface area contributed by atoms with Crippen molar-refractivity contribution in [3.8, 4) is 0 Å². The maximum absolute atomic E-state index is 11.5. The SMILES string of the molecule is CCOC(=O)C(CCN(C)C)N(C)C. The molecule has 0 aliphatic rings. The van der Waals surface area contributed by atoms with Gasteiger partial charge in [0.25, 0.3) is 0 Å². The van der Waals surface area contributed by atoms with Crippen LogP contribution >= 0.6 is 0 Å². The van der Waals surface area contributed by atoms with Crippen molar-refractivity contribution in [2.24, 2.45) is 0 Å². The van der Waals surface area contributed by atoms with Gasteiger partial charge in [-0.1, -0.05) is 0 Å². The smallest absolute Gasteiger partial charge is 0.323 e. The Hall–Kier alpha value is -0.610. The number of carbonyl (C=O) groups excluding carboxylic acids is 1. The van der Waals surface area contributed by atoms with E-state index in [4.69, 9.17) is 4.74 Å². The van der Waals surface area contributed by atoms with Gasteiger partial charge in [0.15, 0.2) is 0 Å². The van der Waals surface area contributed by atoms with E-state index in [9.17, 15) is 4.79 Å². The highest BCUT2D eigenvalue weighted by Crippen LogP contribution is 2.03. The van der Waals surface area contributed by atoms with Crippen LogP contribution in [0.25, 0.3) is 0 Å². The number of hydrogen-bond donors (Lipinski definition) is 0. The van der Waals surface area contributed by atoms with E-state index in [2.05, 4.69) is 4.90 Å². The molecule has 1 atom stereocenters. The van der Waals surface area contributed by atoms with Crippen molar-refractivity contribution in [2.75, 3.05) is 41.3 Å². The summed E-state index contributed by atoms with van der Waals surface area (Å²) in [5.74, 6) is -0.126. The zero-order valence-corrected chi connectivity index (χ0v) is 9.91. The van der Waals surface area contributed by atoms with E-state index in [1.807, 2.05) is 40.0 Å². The second-order valence-electron chi connectivity index (χ2n) is 3.82. The summed E-state index contributed by atoms with van der Waals surface area (Å²) in [5.41, 5.74) is 0. The van der Waals surface area contributed by atoms with Crippen LogP contribution in [-0.4, -0.2) is 63.2 Å². The molecule has 0 saturated carbocycles. The molecule has 0 aromatic carbocycles. The molecule has 0 spiro atoms. The Balaban J connectivity index is 4.08. The first-order valence-corrected chi connectivity index (χ1v) is 4.96. The first-order valence-electron chi connectivity index (χ1n) is 4.96. The maximum Gasteiger partial charge on any atom is 0.323 e. The zero-order chi connectivity index (χ0) is 11.1. The summed E-state index contributed by atoms with van der Waals surface area (Å²) < 4.78 is 5.00. The van der Waals surface area contributed by atoms with Gasteiger partial charge in [-0.15, -0.1) is 0 Å². The van der Waals surface area contributed by atoms with E-state index < -0.39 is 0 Å². The molecular weight excluding hydrogens is 180 g/mol. The average molecular weight is 202 g/mol. The molecule has 4 heteroatoms. The Morgan fingerprint density at radius 2 is 1.86 bits per heavy atom. The number of rotatable bonds is 6. The number of likely N-dealkylation sites (N-methyl/N-ethyl adjacent to an activating group) is 1. The Morgan fingerprint density at radius 3 is 2.21 bits per heavy atom. The Bertz CT molecular complexity index is 170. The fraction of sp³-hybridized carbons (Fsp3) is 0.900. The Morgan fingerprint density at radius 1 is 1.29 bits per heavy atom. The number of carbonyl (C=O) groups is 1. The van der Waals surface area contributed by atoms with Crippen LogP contribution in [0.5, 0.6) is 0 Å². The Kier molecular flexibility index (Phi) is 6.49. The topological polar surface area (TPSA) is 32.8 Å². The number of esters is 1. The van der Waals surface area contributed by atoms with E-state index in [0.717, 1.165) is 13.0 Å². The molecule has 4 nitrogen and oxygen atoms in total. The monoisotopic (exact) mass is 202 g/mol. The third kappa shape index (κ3) is 5.19. The van der Waals surface area contributed by atoms with Crippen LogP contribution in [0.15, 0.2) is 0 Å². The minimum atomic E-state index is -0.127. The molecule has 0 N–H and O–H groups in total. The minimum Gasteiger partial charge on any atom is -0.465 e. The summed E-state index contributed by atoms with van der Waals surface area (Å²) in [7, 11) is 7.80. The summed E-state index contributed by atoms with van der Waals surface area (Å²) in [6.45, 7) is 3.17. The first-order chi connectivity index (χ1) is 6.49. The second-order valence-corrected chi connectivity index (χ2v) is 3.82. The highest BCUT2D eigenvalue weighted by Gasteiger charge is 2.21. The van der Waals surface area contributed by atoms with Gasteiger partial charge in [0, 0.05) is 0 Å². The quantitative estimate of drug-likeness (QED) is 0.585. The second kappa shape index (κ2) is 6.79. The molecule has 0 aliphatic heterocycles. The third-order valence-corrected chi connectivity index (χ3v) is 2.03. The van der Waals surface area contributed by atoms with Crippen LogP contribution in [0.4, 0.5) is 0 Å². The predicted octanol–water partition coefficient (Wildman–Crippen LogP) is 0.431. The van der Waals surface area contributed by atoms with Crippen LogP contribution in [0.2, 0.25) is 0 Å². The molecule has 0 aliphatic carbocycles. The molecule has 14 heavy (non-hydrogen) atoms. The predicted molar refractivity (Wildman–Crippen MR) is 57.3 cm³/mol. The number of hydrogen-bond acceptors (Lipinski definition) is 4. The summed E-state index contributed by atoms with van der Waals surface area (Å²) in [5, 5.41) is 0. The van der Waals surface area contributed by atoms with Crippen molar-refractivity contribution in [2.45, 2.75) is 19.4 Å². The van der Waals surface area contributed by atoms with E-state index in [0.29, 0.717) is 6.61 Å². The third-order valence-electron chi connectivity index (χ3n) is 2.03. The molecule has 0 bridgehead atoms. The molecule has 0 saturated heterocycles. The Labute approximate surface area is 86.8 Å². The minimum absolute atomic E-state index is 0.126. The lowest BCUT2D eigenvalue weighted by Gasteiger charge is -2.23. The summed E-state index contributed by atoms with van der Waals surface area (Å²) >= 11 is 0. The van der Waals surface area contributed by atoms with Crippen LogP contribution in [0, 0.1) is 0 Å². The van der Waals surface area contributed by atoms with Gasteiger partial charge in [0.2, 0.25) is 0 Å².